The highest BCUT2D eigenvalue weighted by molar-refractivity contribution is 6.01. The lowest BCUT2D eigenvalue weighted by Crippen LogP contribution is -2.27. The van der Waals surface area contributed by atoms with E-state index in [9.17, 15) is 22.8 Å². The Kier molecular flexibility index (Phi) is 6.00. The van der Waals surface area contributed by atoms with E-state index in [2.05, 4.69) is 10.3 Å². The molecular weight excluding hydrogens is 399 g/mol. The van der Waals surface area contributed by atoms with Gasteiger partial charge in [0.05, 0.1) is 12.6 Å². The third kappa shape index (κ3) is 4.55. The number of nitrogens with zero attached hydrogens (tertiary/aromatic N) is 2. The standard InChI is InChI=1S/C21H22F3N3O3/c1-4-18(28)26-19-16-10-27(20(29)15(16)7-8-25-19)13(3)14-5-6-17(12(2)9-14)30-11-21(22,23)24/h5-9,13H,4,10-11H2,1-3H3,(H,25,26,28). The first-order valence-electron chi connectivity index (χ1n) is 9.49. The van der Waals surface area contributed by atoms with Crippen LogP contribution in [0.25, 0.3) is 0 Å². The van der Waals surface area contributed by atoms with Crippen molar-refractivity contribution in [2.75, 3.05) is 11.9 Å². The molecule has 0 spiro atoms. The SMILES string of the molecule is CCC(=O)Nc1nccc2c1CN(C(C)c1ccc(OCC(F)(F)F)c(C)c1)C2=O. The van der Waals surface area contributed by atoms with E-state index in [4.69, 9.17) is 4.74 Å². The van der Waals surface area contributed by atoms with Crippen molar-refractivity contribution >= 4 is 17.6 Å². The molecule has 1 aromatic heterocycles. The maximum Gasteiger partial charge on any atom is 0.422 e. The molecule has 0 aliphatic carbocycles. The predicted molar refractivity (Wildman–Crippen MR) is 104 cm³/mol. The quantitative estimate of drug-likeness (QED) is 0.751. The Morgan fingerprint density at radius 3 is 2.70 bits per heavy atom. The number of alkyl halides is 3. The van der Waals surface area contributed by atoms with Crippen LogP contribution in [-0.4, -0.2) is 34.5 Å². The van der Waals surface area contributed by atoms with Crippen molar-refractivity contribution in [2.45, 2.75) is 46.0 Å². The summed E-state index contributed by atoms with van der Waals surface area (Å²) < 4.78 is 42.0. The first kappa shape index (κ1) is 21.6. The molecule has 1 N–H and O–H groups in total. The maximum atomic E-state index is 12.9. The number of hydrogen-bond donors (Lipinski definition) is 1. The highest BCUT2D eigenvalue weighted by atomic mass is 19.4. The van der Waals surface area contributed by atoms with Crippen molar-refractivity contribution in [3.05, 3.63) is 52.7 Å². The minimum absolute atomic E-state index is 0.146. The Morgan fingerprint density at radius 2 is 2.07 bits per heavy atom. The molecule has 3 rings (SSSR count). The molecular formula is C21H22F3N3O3. The second-order valence-electron chi connectivity index (χ2n) is 7.13. The largest absolute Gasteiger partial charge is 0.484 e. The van der Waals surface area contributed by atoms with Crippen LogP contribution >= 0.6 is 0 Å². The highest BCUT2D eigenvalue weighted by Gasteiger charge is 2.34. The van der Waals surface area contributed by atoms with Gasteiger partial charge in [-0.25, -0.2) is 4.98 Å². The van der Waals surface area contributed by atoms with Gasteiger partial charge in [0.15, 0.2) is 6.61 Å². The molecule has 0 saturated heterocycles. The fraction of sp³-hybridized carbons (Fsp3) is 0.381. The summed E-state index contributed by atoms with van der Waals surface area (Å²) in [4.78, 5) is 30.5. The number of carbonyl (C=O) groups is 2. The van der Waals surface area contributed by atoms with E-state index >= 15 is 0 Å². The van der Waals surface area contributed by atoms with Gasteiger partial charge in [-0.2, -0.15) is 13.2 Å². The number of hydrogen-bond acceptors (Lipinski definition) is 4. The Balaban J connectivity index is 1.80. The number of fused-ring (bicyclic) bond motifs is 1. The summed E-state index contributed by atoms with van der Waals surface area (Å²) in [5.74, 6) is 0.129. The Labute approximate surface area is 172 Å². The smallest absolute Gasteiger partial charge is 0.422 e. The molecule has 1 atom stereocenters. The molecule has 30 heavy (non-hydrogen) atoms. The number of amides is 2. The lowest BCUT2D eigenvalue weighted by Gasteiger charge is -2.25. The Hall–Kier alpha value is -3.10. The lowest BCUT2D eigenvalue weighted by molar-refractivity contribution is -0.153. The zero-order valence-corrected chi connectivity index (χ0v) is 16.8. The fourth-order valence-corrected chi connectivity index (χ4v) is 3.32. The monoisotopic (exact) mass is 421 g/mol. The van der Waals surface area contributed by atoms with Gasteiger partial charge in [-0.05, 0) is 37.1 Å². The molecule has 6 nitrogen and oxygen atoms in total. The lowest BCUT2D eigenvalue weighted by atomic mass is 10.0. The van der Waals surface area contributed by atoms with Crippen LogP contribution in [0.3, 0.4) is 0 Å². The molecule has 1 aliphatic rings. The highest BCUT2D eigenvalue weighted by Crippen LogP contribution is 2.35. The molecule has 1 aliphatic heterocycles. The summed E-state index contributed by atoms with van der Waals surface area (Å²) in [7, 11) is 0. The number of aryl methyl sites for hydroxylation is 1. The van der Waals surface area contributed by atoms with Crippen LogP contribution < -0.4 is 10.1 Å². The molecule has 0 saturated carbocycles. The van der Waals surface area contributed by atoms with Crippen LogP contribution in [0.1, 0.15) is 53.4 Å². The number of ether oxygens (including phenoxy) is 1. The van der Waals surface area contributed by atoms with E-state index in [1.165, 1.54) is 12.3 Å². The molecule has 160 valence electrons. The molecule has 9 heteroatoms. The molecule has 0 bridgehead atoms. The van der Waals surface area contributed by atoms with Crippen LogP contribution in [0.5, 0.6) is 5.75 Å². The van der Waals surface area contributed by atoms with E-state index in [0.717, 1.165) is 5.56 Å². The van der Waals surface area contributed by atoms with Gasteiger partial charge in [-0.15, -0.1) is 0 Å². The average Bonchev–Trinajstić information content (AvgIpc) is 3.03. The third-order valence-corrected chi connectivity index (χ3v) is 4.99. The van der Waals surface area contributed by atoms with Crippen LogP contribution in [0.4, 0.5) is 19.0 Å². The van der Waals surface area contributed by atoms with Gasteiger partial charge in [0.25, 0.3) is 5.91 Å². The van der Waals surface area contributed by atoms with Gasteiger partial charge in [0, 0.05) is 23.7 Å². The molecule has 0 fully saturated rings. The van der Waals surface area contributed by atoms with Gasteiger partial charge in [0.2, 0.25) is 5.91 Å². The maximum absolute atomic E-state index is 12.9. The molecule has 1 unspecified atom stereocenters. The van der Waals surface area contributed by atoms with Crippen molar-refractivity contribution in [1.29, 1.82) is 0 Å². The van der Waals surface area contributed by atoms with Gasteiger partial charge in [-0.1, -0.05) is 19.1 Å². The Morgan fingerprint density at radius 1 is 1.33 bits per heavy atom. The normalized spacial score (nSPS) is 14.5. The number of aromatic nitrogens is 1. The number of rotatable bonds is 6. The molecule has 2 aromatic rings. The van der Waals surface area contributed by atoms with E-state index in [1.54, 1.807) is 36.9 Å². The summed E-state index contributed by atoms with van der Waals surface area (Å²) in [6.07, 6.45) is -2.64. The second kappa shape index (κ2) is 8.33. The number of benzene rings is 1. The van der Waals surface area contributed by atoms with E-state index in [-0.39, 0.29) is 30.2 Å². The van der Waals surface area contributed by atoms with Gasteiger partial charge < -0.3 is 15.0 Å². The third-order valence-electron chi connectivity index (χ3n) is 4.99. The van der Waals surface area contributed by atoms with Crippen LogP contribution in [-0.2, 0) is 11.3 Å². The number of pyridine rings is 1. The minimum atomic E-state index is -4.41. The van der Waals surface area contributed by atoms with Crippen LogP contribution in [0, 0.1) is 6.92 Å². The van der Waals surface area contributed by atoms with Crippen molar-refractivity contribution in [3.63, 3.8) is 0 Å². The van der Waals surface area contributed by atoms with Crippen molar-refractivity contribution < 1.29 is 27.5 Å². The van der Waals surface area contributed by atoms with Crippen molar-refractivity contribution in [1.82, 2.24) is 9.88 Å². The van der Waals surface area contributed by atoms with E-state index in [0.29, 0.717) is 28.9 Å². The molecule has 2 heterocycles. The first-order valence-corrected chi connectivity index (χ1v) is 9.49. The zero-order chi connectivity index (χ0) is 22.1. The predicted octanol–water partition coefficient (Wildman–Crippen LogP) is 4.40. The number of halogens is 3. The average molecular weight is 421 g/mol. The second-order valence-corrected chi connectivity index (χ2v) is 7.13. The van der Waals surface area contributed by atoms with E-state index < -0.39 is 12.8 Å². The summed E-state index contributed by atoms with van der Waals surface area (Å²) in [6, 6.07) is 6.12. The Bertz CT molecular complexity index is 976. The fourth-order valence-electron chi connectivity index (χ4n) is 3.32. The summed E-state index contributed by atoms with van der Waals surface area (Å²) in [6.45, 7) is 4.13. The number of nitrogens with one attached hydrogen (secondary N) is 1. The molecule has 1 aromatic carbocycles. The summed E-state index contributed by atoms with van der Waals surface area (Å²) >= 11 is 0. The topological polar surface area (TPSA) is 71.5 Å². The molecule has 0 radical (unpaired) electrons. The summed E-state index contributed by atoms with van der Waals surface area (Å²) in [5, 5.41) is 2.72. The first-order chi connectivity index (χ1) is 14.1. The van der Waals surface area contributed by atoms with Crippen molar-refractivity contribution in [2.24, 2.45) is 0 Å². The van der Waals surface area contributed by atoms with E-state index in [1.807, 2.05) is 6.92 Å². The number of carbonyl (C=O) groups excluding carboxylic acids is 2. The van der Waals surface area contributed by atoms with Crippen LogP contribution in [0.2, 0.25) is 0 Å². The minimum Gasteiger partial charge on any atom is -0.484 e. The summed E-state index contributed by atoms with van der Waals surface area (Å²) in [5.41, 5.74) is 2.44. The van der Waals surface area contributed by atoms with Crippen molar-refractivity contribution in [3.8, 4) is 5.75 Å². The zero-order valence-electron chi connectivity index (χ0n) is 16.8. The number of anilines is 1. The van der Waals surface area contributed by atoms with Gasteiger partial charge >= 0.3 is 6.18 Å². The molecule has 2 amide bonds. The van der Waals surface area contributed by atoms with Gasteiger partial charge in [-0.3, -0.25) is 9.59 Å². The van der Waals surface area contributed by atoms with Crippen LogP contribution in [0.15, 0.2) is 30.5 Å². The van der Waals surface area contributed by atoms with Gasteiger partial charge in [0.1, 0.15) is 11.6 Å².